The van der Waals surface area contributed by atoms with Crippen molar-refractivity contribution < 1.29 is 14.6 Å². The van der Waals surface area contributed by atoms with Gasteiger partial charge in [-0.25, -0.2) is 4.79 Å². The third kappa shape index (κ3) is 5.72. The van der Waals surface area contributed by atoms with E-state index >= 15 is 0 Å². The minimum atomic E-state index is -0.838. The van der Waals surface area contributed by atoms with Gasteiger partial charge in [0.25, 0.3) is 0 Å². The normalized spacial score (nSPS) is 15.1. The predicted molar refractivity (Wildman–Crippen MR) is 63.0 cm³/mol. The van der Waals surface area contributed by atoms with Crippen molar-refractivity contribution in [2.45, 2.75) is 38.5 Å². The van der Waals surface area contributed by atoms with E-state index in [0.29, 0.717) is 0 Å². The summed E-state index contributed by atoms with van der Waals surface area (Å²) in [5, 5.41) is 9.59. The zero-order valence-corrected chi connectivity index (χ0v) is 10.4. The van der Waals surface area contributed by atoms with Crippen LogP contribution in [0.1, 0.15) is 20.8 Å². The van der Waals surface area contributed by atoms with Crippen molar-refractivity contribution in [3.05, 3.63) is 12.7 Å². The lowest BCUT2D eigenvalue weighted by Crippen LogP contribution is -2.44. The maximum absolute atomic E-state index is 11.5. The Morgan fingerprint density at radius 3 is 2.50 bits per heavy atom. The van der Waals surface area contributed by atoms with E-state index in [2.05, 4.69) is 6.58 Å². The monoisotopic (exact) mass is 230 g/mol. The quantitative estimate of drug-likeness (QED) is 0.698. The zero-order chi connectivity index (χ0) is 12.9. The molecule has 1 amide bonds. The second-order valence-corrected chi connectivity index (χ2v) is 4.74. The van der Waals surface area contributed by atoms with Crippen LogP contribution < -0.4 is 5.73 Å². The standard InChI is InChI=1S/C11H22N2O3/c1-6-8(12)9(14)7-13(5)10(15)16-11(2,3)4/h6,8-9,14H,1,7,12H2,2-5H3. The second kappa shape index (κ2) is 5.86. The summed E-state index contributed by atoms with van der Waals surface area (Å²) in [7, 11) is 1.55. The Balaban J connectivity index is 4.20. The van der Waals surface area contributed by atoms with Gasteiger partial charge in [-0.1, -0.05) is 6.08 Å². The average Bonchev–Trinajstić information content (AvgIpc) is 2.13. The van der Waals surface area contributed by atoms with Crippen LogP contribution in [0.5, 0.6) is 0 Å². The lowest BCUT2D eigenvalue weighted by molar-refractivity contribution is 0.0197. The number of aliphatic hydroxyl groups is 1. The molecule has 0 rings (SSSR count). The molecule has 0 radical (unpaired) electrons. The summed E-state index contributed by atoms with van der Waals surface area (Å²) in [6.45, 7) is 8.93. The van der Waals surface area contributed by atoms with Crippen LogP contribution in [0.3, 0.4) is 0 Å². The molecule has 0 aliphatic carbocycles. The largest absolute Gasteiger partial charge is 0.444 e. The van der Waals surface area contributed by atoms with Crippen LogP contribution >= 0.6 is 0 Å². The Morgan fingerprint density at radius 1 is 1.62 bits per heavy atom. The van der Waals surface area contributed by atoms with Crippen molar-refractivity contribution in [1.29, 1.82) is 0 Å². The molecule has 0 saturated heterocycles. The van der Waals surface area contributed by atoms with Gasteiger partial charge >= 0.3 is 6.09 Å². The number of hydrogen-bond acceptors (Lipinski definition) is 4. The van der Waals surface area contributed by atoms with Crippen LogP contribution in [0.25, 0.3) is 0 Å². The van der Waals surface area contributed by atoms with Gasteiger partial charge in [0.05, 0.1) is 18.7 Å². The number of hydrogen-bond donors (Lipinski definition) is 2. The van der Waals surface area contributed by atoms with E-state index in [1.54, 1.807) is 27.8 Å². The smallest absolute Gasteiger partial charge is 0.410 e. The number of nitrogens with zero attached hydrogens (tertiary/aromatic N) is 1. The molecule has 0 fully saturated rings. The van der Waals surface area contributed by atoms with Crippen molar-refractivity contribution in [3.8, 4) is 0 Å². The molecular weight excluding hydrogens is 208 g/mol. The van der Waals surface area contributed by atoms with E-state index in [-0.39, 0.29) is 6.54 Å². The number of likely N-dealkylation sites (N-methyl/N-ethyl adjacent to an activating group) is 1. The summed E-state index contributed by atoms with van der Waals surface area (Å²) in [6, 6.07) is -0.551. The molecule has 0 heterocycles. The van der Waals surface area contributed by atoms with E-state index < -0.39 is 23.8 Å². The fraction of sp³-hybridized carbons (Fsp3) is 0.727. The van der Waals surface area contributed by atoms with Gasteiger partial charge in [-0.2, -0.15) is 0 Å². The summed E-state index contributed by atoms with van der Waals surface area (Å²) in [4.78, 5) is 12.8. The molecule has 0 aromatic carbocycles. The highest BCUT2D eigenvalue weighted by molar-refractivity contribution is 5.67. The van der Waals surface area contributed by atoms with Crippen LogP contribution in [0.4, 0.5) is 4.79 Å². The van der Waals surface area contributed by atoms with Gasteiger partial charge in [0.1, 0.15) is 5.60 Å². The number of carbonyl (C=O) groups is 1. The molecule has 0 aromatic rings. The van der Waals surface area contributed by atoms with Crippen LogP contribution in [-0.4, -0.2) is 47.4 Å². The summed E-state index contributed by atoms with van der Waals surface area (Å²) in [5.41, 5.74) is 5.00. The molecule has 0 aromatic heterocycles. The Kier molecular flexibility index (Phi) is 5.47. The highest BCUT2D eigenvalue weighted by Crippen LogP contribution is 2.09. The summed E-state index contributed by atoms with van der Waals surface area (Å²) in [5.74, 6) is 0. The second-order valence-electron chi connectivity index (χ2n) is 4.74. The number of aliphatic hydroxyl groups excluding tert-OH is 1. The van der Waals surface area contributed by atoms with E-state index in [1.165, 1.54) is 11.0 Å². The van der Waals surface area contributed by atoms with Gasteiger partial charge in [0.15, 0.2) is 0 Å². The minimum Gasteiger partial charge on any atom is -0.444 e. The molecule has 0 saturated carbocycles. The van der Waals surface area contributed by atoms with E-state index in [1.807, 2.05) is 0 Å². The average molecular weight is 230 g/mol. The van der Waals surface area contributed by atoms with Crippen molar-refractivity contribution in [1.82, 2.24) is 4.90 Å². The Hall–Kier alpha value is -1.07. The SMILES string of the molecule is C=CC(N)C(O)CN(C)C(=O)OC(C)(C)C. The first-order valence-electron chi connectivity index (χ1n) is 5.17. The van der Waals surface area contributed by atoms with Gasteiger partial charge in [-0.05, 0) is 20.8 Å². The fourth-order valence-electron chi connectivity index (χ4n) is 0.974. The fourth-order valence-corrected chi connectivity index (χ4v) is 0.974. The molecule has 2 atom stereocenters. The molecule has 0 aliphatic rings. The molecular formula is C11H22N2O3. The van der Waals surface area contributed by atoms with Gasteiger partial charge in [0.2, 0.25) is 0 Å². The van der Waals surface area contributed by atoms with Crippen LogP contribution in [0, 0.1) is 0 Å². The number of nitrogens with two attached hydrogens (primary N) is 1. The first kappa shape index (κ1) is 14.9. The molecule has 5 nitrogen and oxygen atoms in total. The highest BCUT2D eigenvalue weighted by atomic mass is 16.6. The van der Waals surface area contributed by atoms with Crippen molar-refractivity contribution in [3.63, 3.8) is 0 Å². The number of amides is 1. The Morgan fingerprint density at radius 2 is 2.12 bits per heavy atom. The molecule has 3 N–H and O–H groups in total. The van der Waals surface area contributed by atoms with Crippen molar-refractivity contribution >= 4 is 6.09 Å². The van der Waals surface area contributed by atoms with Gasteiger partial charge < -0.3 is 20.5 Å². The summed E-state index contributed by atoms with van der Waals surface area (Å²) >= 11 is 0. The first-order chi connectivity index (χ1) is 7.17. The maximum Gasteiger partial charge on any atom is 0.410 e. The van der Waals surface area contributed by atoms with Crippen molar-refractivity contribution in [2.75, 3.05) is 13.6 Å². The number of ether oxygens (including phenoxy) is 1. The van der Waals surface area contributed by atoms with Crippen LogP contribution in [-0.2, 0) is 4.74 Å². The highest BCUT2D eigenvalue weighted by Gasteiger charge is 2.22. The van der Waals surface area contributed by atoms with Crippen LogP contribution in [0.2, 0.25) is 0 Å². The Bertz CT molecular complexity index is 248. The number of carbonyl (C=O) groups excluding carboxylic acids is 1. The number of rotatable bonds is 4. The molecule has 0 aliphatic heterocycles. The lowest BCUT2D eigenvalue weighted by Gasteiger charge is -2.27. The third-order valence-corrected chi connectivity index (χ3v) is 1.88. The molecule has 0 spiro atoms. The van der Waals surface area contributed by atoms with E-state index in [9.17, 15) is 9.90 Å². The lowest BCUT2D eigenvalue weighted by atomic mass is 10.1. The molecule has 0 bridgehead atoms. The maximum atomic E-state index is 11.5. The summed E-state index contributed by atoms with van der Waals surface area (Å²) < 4.78 is 5.12. The van der Waals surface area contributed by atoms with Gasteiger partial charge in [-0.15, -0.1) is 6.58 Å². The zero-order valence-electron chi connectivity index (χ0n) is 10.4. The van der Waals surface area contributed by atoms with Gasteiger partial charge in [0, 0.05) is 7.05 Å². The third-order valence-electron chi connectivity index (χ3n) is 1.88. The topological polar surface area (TPSA) is 75.8 Å². The molecule has 16 heavy (non-hydrogen) atoms. The van der Waals surface area contributed by atoms with E-state index in [4.69, 9.17) is 10.5 Å². The minimum absolute atomic E-state index is 0.113. The predicted octanol–water partition coefficient (Wildman–Crippen LogP) is 0.727. The van der Waals surface area contributed by atoms with Crippen LogP contribution in [0.15, 0.2) is 12.7 Å². The Labute approximate surface area is 96.9 Å². The molecule has 2 unspecified atom stereocenters. The first-order valence-corrected chi connectivity index (χ1v) is 5.17. The van der Waals surface area contributed by atoms with Gasteiger partial charge in [-0.3, -0.25) is 0 Å². The van der Waals surface area contributed by atoms with Crippen molar-refractivity contribution in [2.24, 2.45) is 5.73 Å². The van der Waals surface area contributed by atoms with E-state index in [0.717, 1.165) is 0 Å². The summed E-state index contributed by atoms with van der Waals surface area (Å²) in [6.07, 6.45) is 0.117. The molecule has 5 heteroatoms. The molecule has 94 valence electrons.